The zero-order valence-corrected chi connectivity index (χ0v) is 16.8. The smallest absolute Gasteiger partial charge is 0.126 e. The van der Waals surface area contributed by atoms with Crippen LogP contribution in [0.15, 0.2) is 60.2 Å². The Balaban J connectivity index is 2.02. The maximum atomic E-state index is 4.75. The quantitative estimate of drug-likeness (QED) is 0.507. The van der Waals surface area contributed by atoms with E-state index in [9.17, 15) is 0 Å². The van der Waals surface area contributed by atoms with E-state index in [1.165, 1.54) is 22.3 Å². The number of rotatable bonds is 8. The van der Waals surface area contributed by atoms with E-state index in [2.05, 4.69) is 76.3 Å². The van der Waals surface area contributed by atoms with Gasteiger partial charge in [-0.1, -0.05) is 68.6 Å². The van der Waals surface area contributed by atoms with Crippen molar-refractivity contribution in [3.8, 4) is 0 Å². The molecule has 2 rings (SSSR count). The van der Waals surface area contributed by atoms with Gasteiger partial charge in [-0.05, 0) is 48.8 Å². The highest BCUT2D eigenvalue weighted by atomic mass is 32.2. The second kappa shape index (κ2) is 9.10. The van der Waals surface area contributed by atoms with Crippen LogP contribution in [0.3, 0.4) is 0 Å². The van der Waals surface area contributed by atoms with Gasteiger partial charge in [0.25, 0.3) is 0 Å². The summed E-state index contributed by atoms with van der Waals surface area (Å²) >= 11 is 1.83. The fraction of sp³-hybridized carbons (Fsp3) is 0.409. The van der Waals surface area contributed by atoms with Crippen LogP contribution >= 0.6 is 11.8 Å². The zero-order valence-electron chi connectivity index (χ0n) is 16.0. The number of nitrogens with zero attached hydrogens (tertiary/aromatic N) is 2. The number of benzene rings is 1. The molecule has 0 fully saturated rings. The van der Waals surface area contributed by atoms with Crippen molar-refractivity contribution < 1.29 is 0 Å². The van der Waals surface area contributed by atoms with Gasteiger partial charge in [0.2, 0.25) is 0 Å². The number of likely N-dealkylation sites (N-methyl/N-ethyl adjacent to an activating group) is 1. The van der Waals surface area contributed by atoms with Crippen molar-refractivity contribution in [2.24, 2.45) is 11.0 Å². The highest BCUT2D eigenvalue weighted by Crippen LogP contribution is 2.33. The molecule has 0 bridgehead atoms. The Morgan fingerprint density at radius 1 is 1.36 bits per heavy atom. The predicted molar refractivity (Wildman–Crippen MR) is 114 cm³/mol. The van der Waals surface area contributed by atoms with Gasteiger partial charge in [-0.2, -0.15) is 5.10 Å². The lowest BCUT2D eigenvalue weighted by Crippen LogP contribution is -2.20. The number of hydrazone groups is 1. The summed E-state index contributed by atoms with van der Waals surface area (Å²) in [5.41, 5.74) is 4.95. The molecular weight excluding hydrogens is 324 g/mol. The highest BCUT2D eigenvalue weighted by Gasteiger charge is 2.26. The molecule has 0 saturated carbocycles. The lowest BCUT2D eigenvalue weighted by molar-refractivity contribution is 0.368. The molecule has 0 saturated heterocycles. The molecule has 0 aliphatic carbocycles. The summed E-state index contributed by atoms with van der Waals surface area (Å²) in [7, 11) is 2.06. The third kappa shape index (κ3) is 5.12. The van der Waals surface area contributed by atoms with Crippen molar-refractivity contribution in [3.63, 3.8) is 0 Å². The molecule has 134 valence electrons. The summed E-state index contributed by atoms with van der Waals surface area (Å²) in [4.78, 5) is 0. The van der Waals surface area contributed by atoms with Gasteiger partial charge in [0.05, 0.1) is 0 Å². The molecule has 0 amide bonds. The molecule has 25 heavy (non-hydrogen) atoms. The monoisotopic (exact) mass is 354 g/mol. The SMILES string of the molecule is C=CC(C)CC/C=C(\C)C1SC(c2ccc(C(=C)CC)cc2)=NN1C. The third-order valence-corrected chi connectivity index (χ3v) is 6.10. The summed E-state index contributed by atoms with van der Waals surface area (Å²) in [6.07, 6.45) is 7.60. The van der Waals surface area contributed by atoms with Gasteiger partial charge < -0.3 is 0 Å². The minimum atomic E-state index is 0.291. The molecule has 1 aromatic rings. The third-order valence-electron chi connectivity index (χ3n) is 4.66. The Morgan fingerprint density at radius 2 is 2.04 bits per heavy atom. The number of hydrogen-bond acceptors (Lipinski definition) is 3. The predicted octanol–water partition coefficient (Wildman–Crippen LogP) is 6.32. The maximum Gasteiger partial charge on any atom is 0.126 e. The van der Waals surface area contributed by atoms with Crippen LogP contribution in [0, 0.1) is 5.92 Å². The van der Waals surface area contributed by atoms with E-state index < -0.39 is 0 Å². The van der Waals surface area contributed by atoms with Crippen LogP contribution in [0.4, 0.5) is 0 Å². The minimum Gasteiger partial charge on any atom is -0.281 e. The van der Waals surface area contributed by atoms with E-state index in [1.807, 2.05) is 17.8 Å². The molecule has 1 heterocycles. The van der Waals surface area contributed by atoms with Crippen LogP contribution < -0.4 is 0 Å². The Labute approximate surface area is 157 Å². The number of thioether (sulfide) groups is 1. The van der Waals surface area contributed by atoms with Gasteiger partial charge in [-0.3, -0.25) is 5.01 Å². The van der Waals surface area contributed by atoms with Crippen molar-refractivity contribution in [1.82, 2.24) is 5.01 Å². The van der Waals surface area contributed by atoms with E-state index in [-0.39, 0.29) is 0 Å². The summed E-state index contributed by atoms with van der Waals surface area (Å²) in [6.45, 7) is 14.5. The maximum absolute atomic E-state index is 4.75. The van der Waals surface area contributed by atoms with Crippen LogP contribution in [0.25, 0.3) is 5.57 Å². The second-order valence-corrected chi connectivity index (χ2v) is 7.79. The summed E-state index contributed by atoms with van der Waals surface area (Å²) in [6, 6.07) is 8.61. The van der Waals surface area contributed by atoms with Gasteiger partial charge in [0.1, 0.15) is 10.4 Å². The fourth-order valence-corrected chi connectivity index (χ4v) is 3.90. The Bertz CT molecular complexity index is 670. The average Bonchev–Trinajstić information content (AvgIpc) is 3.02. The van der Waals surface area contributed by atoms with Crippen molar-refractivity contribution >= 4 is 22.4 Å². The van der Waals surface area contributed by atoms with Gasteiger partial charge in [-0.15, -0.1) is 6.58 Å². The highest BCUT2D eigenvalue weighted by molar-refractivity contribution is 8.15. The number of hydrogen-bond donors (Lipinski definition) is 0. The molecule has 1 aromatic carbocycles. The summed E-state index contributed by atoms with van der Waals surface area (Å²) < 4.78 is 0. The average molecular weight is 355 g/mol. The Hall–Kier alpha value is -1.74. The lowest BCUT2D eigenvalue weighted by Gasteiger charge is -2.18. The topological polar surface area (TPSA) is 15.6 Å². The van der Waals surface area contributed by atoms with Crippen molar-refractivity contribution in [2.45, 2.75) is 45.4 Å². The van der Waals surface area contributed by atoms with E-state index in [1.54, 1.807) is 0 Å². The van der Waals surface area contributed by atoms with Crippen LogP contribution in [0.2, 0.25) is 0 Å². The summed E-state index contributed by atoms with van der Waals surface area (Å²) in [5, 5.41) is 8.20. The van der Waals surface area contributed by atoms with Crippen molar-refractivity contribution in [1.29, 1.82) is 0 Å². The van der Waals surface area contributed by atoms with Crippen LogP contribution in [-0.4, -0.2) is 22.5 Å². The molecule has 2 atom stereocenters. The van der Waals surface area contributed by atoms with Crippen LogP contribution in [0.5, 0.6) is 0 Å². The van der Waals surface area contributed by atoms with Gasteiger partial charge in [-0.25, -0.2) is 0 Å². The Morgan fingerprint density at radius 3 is 2.64 bits per heavy atom. The molecule has 0 spiro atoms. The van der Waals surface area contributed by atoms with Crippen LogP contribution in [0.1, 0.15) is 51.2 Å². The first-order chi connectivity index (χ1) is 12.0. The molecule has 3 heteroatoms. The normalized spacial score (nSPS) is 18.9. The fourth-order valence-electron chi connectivity index (χ4n) is 2.76. The summed E-state index contributed by atoms with van der Waals surface area (Å²) in [5.74, 6) is 0.571. The molecule has 0 N–H and O–H groups in total. The van der Waals surface area contributed by atoms with E-state index in [0.717, 1.165) is 24.3 Å². The van der Waals surface area contributed by atoms with E-state index in [4.69, 9.17) is 5.10 Å². The number of allylic oxidation sites excluding steroid dienone is 3. The first kappa shape index (κ1) is 19.6. The van der Waals surface area contributed by atoms with Gasteiger partial charge in [0, 0.05) is 12.6 Å². The first-order valence-electron chi connectivity index (χ1n) is 9.02. The molecule has 2 unspecified atom stereocenters. The lowest BCUT2D eigenvalue weighted by atomic mass is 10.0. The van der Waals surface area contributed by atoms with Gasteiger partial charge >= 0.3 is 0 Å². The van der Waals surface area contributed by atoms with E-state index >= 15 is 0 Å². The first-order valence-corrected chi connectivity index (χ1v) is 9.90. The van der Waals surface area contributed by atoms with Crippen molar-refractivity contribution in [3.05, 3.63) is 66.3 Å². The molecule has 0 radical (unpaired) electrons. The second-order valence-electron chi connectivity index (χ2n) is 6.72. The molecule has 2 nitrogen and oxygen atoms in total. The van der Waals surface area contributed by atoms with E-state index in [0.29, 0.717) is 11.3 Å². The molecular formula is C22H30N2S. The Kier molecular flexibility index (Phi) is 7.12. The zero-order chi connectivity index (χ0) is 18.4. The molecule has 1 aliphatic rings. The van der Waals surface area contributed by atoms with Crippen molar-refractivity contribution in [2.75, 3.05) is 7.05 Å². The van der Waals surface area contributed by atoms with Gasteiger partial charge in [0.15, 0.2) is 0 Å². The molecule has 0 aromatic heterocycles. The minimum absolute atomic E-state index is 0.291. The molecule has 1 aliphatic heterocycles. The largest absolute Gasteiger partial charge is 0.281 e. The van der Waals surface area contributed by atoms with Crippen LogP contribution in [-0.2, 0) is 0 Å². The standard InChI is InChI=1S/C22H30N2S/c1-7-16(3)10-9-11-18(5)22-24(6)23-21(25-22)20-14-12-19(13-15-20)17(4)8-2/h7,11-16,22H,1,4,8-10H2,2-3,5-6H3/b18-11+.